The largest absolute Gasteiger partial charge is 0.105 e. The Morgan fingerprint density at radius 3 is 2.00 bits per heavy atom. The summed E-state index contributed by atoms with van der Waals surface area (Å²) in [4.78, 5) is 0. The normalized spacial score (nSPS) is 10.6. The molecule has 0 amide bonds. The second kappa shape index (κ2) is 9.79. The Labute approximate surface area is 201 Å². The van der Waals surface area contributed by atoms with E-state index in [1.54, 1.807) is 0 Å². The Morgan fingerprint density at radius 1 is 0.667 bits per heavy atom. The molecule has 1 heteroatoms. The van der Waals surface area contributed by atoms with Crippen molar-refractivity contribution < 1.29 is 0 Å². The van der Waals surface area contributed by atoms with Crippen LogP contribution in [0, 0.1) is 39.5 Å². The quantitative estimate of drug-likeness (QED) is 0.223. The molecule has 0 nitrogen and oxygen atoms in total. The monoisotopic (exact) mass is 446 g/mol. The van der Waals surface area contributed by atoms with Crippen LogP contribution in [0.3, 0.4) is 0 Å². The third-order valence-corrected chi connectivity index (χ3v) is 7.06. The molecule has 0 aliphatic carbocycles. The predicted molar refractivity (Wildman–Crippen MR) is 147 cm³/mol. The Balaban J connectivity index is 1.66. The summed E-state index contributed by atoms with van der Waals surface area (Å²) in [6.45, 7) is 10.9. The molecule has 0 fully saturated rings. The average Bonchev–Trinajstić information content (AvgIpc) is 2.81. The summed E-state index contributed by atoms with van der Waals surface area (Å²) in [5.74, 6) is 6.70. The van der Waals surface area contributed by atoms with Crippen LogP contribution in [-0.4, -0.2) is 0 Å². The molecule has 0 radical (unpaired) electrons. The second-order valence-electron chi connectivity index (χ2n) is 8.88. The van der Waals surface area contributed by atoms with Crippen LogP contribution in [0.4, 0.5) is 0 Å². The molecule has 164 valence electrons. The minimum atomic E-state index is 0.961. The highest BCUT2D eigenvalue weighted by atomic mass is 31.0. The van der Waals surface area contributed by atoms with E-state index >= 15 is 0 Å². The van der Waals surface area contributed by atoms with Gasteiger partial charge in [0.15, 0.2) is 0 Å². The minimum Gasteiger partial charge on any atom is -0.105 e. The van der Waals surface area contributed by atoms with Crippen LogP contribution in [0.1, 0.15) is 45.9 Å². The van der Waals surface area contributed by atoms with Gasteiger partial charge in [-0.1, -0.05) is 66.8 Å². The van der Waals surface area contributed by atoms with Crippen LogP contribution in [0.5, 0.6) is 0 Å². The maximum absolute atomic E-state index is 3.38. The molecule has 4 rings (SSSR count). The molecule has 0 aliphatic rings. The number of aryl methyl sites for hydroxylation is 4. The molecular weight excluding hydrogens is 415 g/mol. The lowest BCUT2D eigenvalue weighted by Gasteiger charge is -2.13. The standard InChI is InChI=1S/C32H31P/c1-6-26-19-29(14-13-27(26)12-11-25-9-7-21(2)8-10-25)28-15-16-31(23(4)18-28)30-17-22(3)24(5)32(33)20-30/h7-10,13-20H,6,33H2,1-5H3. The van der Waals surface area contributed by atoms with Gasteiger partial charge in [0.05, 0.1) is 0 Å². The number of hydrogen-bond acceptors (Lipinski definition) is 0. The summed E-state index contributed by atoms with van der Waals surface area (Å²) in [7, 11) is 2.87. The van der Waals surface area contributed by atoms with Crippen molar-refractivity contribution in [2.24, 2.45) is 0 Å². The van der Waals surface area contributed by atoms with Crippen LogP contribution < -0.4 is 5.30 Å². The first-order valence-corrected chi connectivity index (χ1v) is 12.1. The number of rotatable bonds is 3. The van der Waals surface area contributed by atoms with Gasteiger partial charge in [0.25, 0.3) is 0 Å². The first-order chi connectivity index (χ1) is 15.9. The molecule has 0 spiro atoms. The molecule has 0 heterocycles. The molecular formula is C32H31P. The summed E-state index contributed by atoms with van der Waals surface area (Å²) < 4.78 is 0. The van der Waals surface area contributed by atoms with Crippen molar-refractivity contribution in [3.8, 4) is 34.1 Å². The molecule has 0 N–H and O–H groups in total. The first-order valence-electron chi connectivity index (χ1n) is 11.6. The Hall–Kier alpha value is -3.13. The highest BCUT2D eigenvalue weighted by Crippen LogP contribution is 2.30. The fourth-order valence-corrected chi connectivity index (χ4v) is 4.58. The molecule has 1 unspecified atom stereocenters. The lowest BCUT2D eigenvalue weighted by atomic mass is 9.92. The van der Waals surface area contributed by atoms with E-state index in [2.05, 4.69) is 128 Å². The minimum absolute atomic E-state index is 0.961. The summed E-state index contributed by atoms with van der Waals surface area (Å²) >= 11 is 0. The summed E-state index contributed by atoms with van der Waals surface area (Å²) in [5, 5.41) is 1.27. The molecule has 0 saturated carbocycles. The third-order valence-electron chi connectivity index (χ3n) is 6.46. The Bertz CT molecular complexity index is 1360. The molecule has 0 aromatic heterocycles. The van der Waals surface area contributed by atoms with Crippen molar-refractivity contribution in [1.29, 1.82) is 0 Å². The average molecular weight is 447 g/mol. The lowest BCUT2D eigenvalue weighted by Crippen LogP contribution is -2.01. The van der Waals surface area contributed by atoms with E-state index in [1.165, 1.54) is 55.4 Å². The van der Waals surface area contributed by atoms with Gasteiger partial charge < -0.3 is 0 Å². The van der Waals surface area contributed by atoms with Gasteiger partial charge in [0.1, 0.15) is 0 Å². The molecule has 4 aromatic carbocycles. The van der Waals surface area contributed by atoms with Crippen molar-refractivity contribution >= 4 is 14.5 Å². The number of hydrogen-bond donors (Lipinski definition) is 0. The maximum Gasteiger partial charge on any atom is 0.0281 e. The van der Waals surface area contributed by atoms with Gasteiger partial charge in [-0.05, 0) is 114 Å². The van der Waals surface area contributed by atoms with E-state index in [0.29, 0.717) is 0 Å². The zero-order valence-electron chi connectivity index (χ0n) is 20.2. The van der Waals surface area contributed by atoms with E-state index in [0.717, 1.165) is 17.5 Å². The highest BCUT2D eigenvalue weighted by Gasteiger charge is 2.09. The predicted octanol–water partition coefficient (Wildman–Crippen LogP) is 7.72. The summed E-state index contributed by atoms with van der Waals surface area (Å²) in [6.07, 6.45) is 0.961. The fourth-order valence-electron chi connectivity index (χ4n) is 4.17. The van der Waals surface area contributed by atoms with Crippen molar-refractivity contribution in [3.05, 3.63) is 112 Å². The molecule has 0 aliphatic heterocycles. The third kappa shape index (κ3) is 5.11. The van der Waals surface area contributed by atoms with Gasteiger partial charge in [-0.15, -0.1) is 9.24 Å². The maximum atomic E-state index is 3.38. The lowest BCUT2D eigenvalue weighted by molar-refractivity contribution is 1.13. The Morgan fingerprint density at radius 2 is 1.33 bits per heavy atom. The van der Waals surface area contributed by atoms with Crippen LogP contribution >= 0.6 is 9.24 Å². The zero-order chi connectivity index (χ0) is 23.5. The van der Waals surface area contributed by atoms with Gasteiger partial charge >= 0.3 is 0 Å². The second-order valence-corrected chi connectivity index (χ2v) is 9.50. The van der Waals surface area contributed by atoms with Gasteiger partial charge in [0.2, 0.25) is 0 Å². The molecule has 33 heavy (non-hydrogen) atoms. The van der Waals surface area contributed by atoms with E-state index < -0.39 is 0 Å². The number of benzene rings is 4. The van der Waals surface area contributed by atoms with E-state index in [9.17, 15) is 0 Å². The van der Waals surface area contributed by atoms with Gasteiger partial charge in [0, 0.05) is 11.1 Å². The molecule has 4 aromatic rings. The highest BCUT2D eigenvalue weighted by molar-refractivity contribution is 7.27. The van der Waals surface area contributed by atoms with Crippen molar-refractivity contribution in [3.63, 3.8) is 0 Å². The smallest absolute Gasteiger partial charge is 0.0281 e. The van der Waals surface area contributed by atoms with Crippen molar-refractivity contribution in [2.45, 2.75) is 41.0 Å². The Kier molecular flexibility index (Phi) is 6.83. The fraction of sp³-hybridized carbons (Fsp3) is 0.188. The van der Waals surface area contributed by atoms with Gasteiger partial charge in [-0.3, -0.25) is 0 Å². The molecule has 1 atom stereocenters. The topological polar surface area (TPSA) is 0 Å². The van der Waals surface area contributed by atoms with E-state index in [1.807, 2.05) is 0 Å². The van der Waals surface area contributed by atoms with Crippen molar-refractivity contribution in [2.75, 3.05) is 0 Å². The van der Waals surface area contributed by atoms with E-state index in [-0.39, 0.29) is 0 Å². The van der Waals surface area contributed by atoms with Crippen molar-refractivity contribution in [1.82, 2.24) is 0 Å². The van der Waals surface area contributed by atoms with E-state index in [4.69, 9.17) is 0 Å². The van der Waals surface area contributed by atoms with Crippen LogP contribution in [-0.2, 0) is 6.42 Å². The van der Waals surface area contributed by atoms with Crippen LogP contribution in [0.15, 0.2) is 72.8 Å². The van der Waals surface area contributed by atoms with Crippen LogP contribution in [0.2, 0.25) is 0 Å². The molecule has 0 saturated heterocycles. The summed E-state index contributed by atoms with van der Waals surface area (Å²) in [6, 6.07) is 26.4. The zero-order valence-corrected chi connectivity index (χ0v) is 21.4. The van der Waals surface area contributed by atoms with Crippen LogP contribution in [0.25, 0.3) is 22.3 Å². The van der Waals surface area contributed by atoms with Gasteiger partial charge in [-0.2, -0.15) is 0 Å². The molecule has 0 bridgehead atoms. The van der Waals surface area contributed by atoms with Gasteiger partial charge in [-0.25, -0.2) is 0 Å². The summed E-state index contributed by atoms with van der Waals surface area (Å²) in [5.41, 5.74) is 13.7. The SMILES string of the molecule is CCc1cc(-c2ccc(-c3cc(C)c(C)c(P)c3)c(C)c2)ccc1C#Cc1ccc(C)cc1. The first kappa shape index (κ1) is 23.0.